The number of aliphatic hydroxyl groups excluding tert-OH is 2. The number of rotatable bonds is 6. The molecule has 1 heterocycles. The monoisotopic (exact) mass is 354 g/mol. The summed E-state index contributed by atoms with van der Waals surface area (Å²) in [6, 6.07) is 7.15. The van der Waals surface area contributed by atoms with Crippen molar-refractivity contribution in [3.63, 3.8) is 0 Å². The molecule has 0 aliphatic carbocycles. The van der Waals surface area contributed by atoms with Crippen LogP contribution in [0.25, 0.3) is 0 Å². The first-order valence-electron chi connectivity index (χ1n) is 8.97. The molecule has 144 valence electrons. The van der Waals surface area contributed by atoms with E-state index in [0.29, 0.717) is 18.8 Å². The van der Waals surface area contributed by atoms with E-state index >= 15 is 0 Å². The minimum Gasteiger partial charge on any atom is -0.497 e. The summed E-state index contributed by atoms with van der Waals surface area (Å²) >= 11 is 0. The average molecular weight is 354 g/mol. The standard InChI is InChI=1S/C13H18O5.C5H10.C2H6/c1-16-9-2-4-10(5-3-9)18-8-12-13(15)11(14)6-7-17-12;1-3-5-4-2;1-2/h2-5,11-15H,6-8H2,1H3;3H,1,4-5H2,2H3;1-2H3. The molecular formula is C20H34O5. The van der Waals surface area contributed by atoms with Crippen LogP contribution in [0.2, 0.25) is 0 Å². The highest BCUT2D eigenvalue weighted by Gasteiger charge is 2.31. The second-order valence-corrected chi connectivity index (χ2v) is 5.32. The zero-order chi connectivity index (χ0) is 19.1. The Morgan fingerprint density at radius 2 is 1.80 bits per heavy atom. The van der Waals surface area contributed by atoms with E-state index < -0.39 is 18.3 Å². The van der Waals surface area contributed by atoms with Crippen LogP contribution >= 0.6 is 0 Å². The number of benzene rings is 1. The van der Waals surface area contributed by atoms with Crippen LogP contribution in [-0.4, -0.2) is 48.8 Å². The van der Waals surface area contributed by atoms with Crippen LogP contribution in [0.4, 0.5) is 0 Å². The van der Waals surface area contributed by atoms with Crippen molar-refractivity contribution in [2.24, 2.45) is 0 Å². The minimum absolute atomic E-state index is 0.213. The normalized spacial score (nSPS) is 21.8. The van der Waals surface area contributed by atoms with Crippen molar-refractivity contribution in [1.82, 2.24) is 0 Å². The quantitative estimate of drug-likeness (QED) is 0.764. The third-order valence-electron chi connectivity index (χ3n) is 3.49. The van der Waals surface area contributed by atoms with Gasteiger partial charge in [-0.05, 0) is 37.1 Å². The third kappa shape index (κ3) is 9.48. The van der Waals surface area contributed by atoms with E-state index in [1.165, 1.54) is 6.42 Å². The fourth-order valence-corrected chi connectivity index (χ4v) is 2.06. The van der Waals surface area contributed by atoms with Crippen LogP contribution in [0.5, 0.6) is 11.5 Å². The number of hydrogen-bond acceptors (Lipinski definition) is 5. The highest BCUT2D eigenvalue weighted by molar-refractivity contribution is 5.31. The Balaban J connectivity index is 0.000000710. The van der Waals surface area contributed by atoms with Crippen LogP contribution in [-0.2, 0) is 4.74 Å². The van der Waals surface area contributed by atoms with Crippen LogP contribution in [0.1, 0.15) is 40.0 Å². The Labute approximate surface area is 152 Å². The second kappa shape index (κ2) is 14.8. The molecule has 5 nitrogen and oxygen atoms in total. The Hall–Kier alpha value is -1.56. The van der Waals surface area contributed by atoms with E-state index in [4.69, 9.17) is 14.2 Å². The van der Waals surface area contributed by atoms with E-state index in [-0.39, 0.29) is 6.61 Å². The van der Waals surface area contributed by atoms with E-state index in [2.05, 4.69) is 13.5 Å². The predicted octanol–water partition coefficient (Wildman–Crippen LogP) is 3.58. The molecule has 3 atom stereocenters. The number of ether oxygens (including phenoxy) is 3. The van der Waals surface area contributed by atoms with Crippen molar-refractivity contribution in [1.29, 1.82) is 0 Å². The minimum atomic E-state index is -0.892. The summed E-state index contributed by atoms with van der Waals surface area (Å²) in [6.07, 6.45) is 2.65. The van der Waals surface area contributed by atoms with Crippen molar-refractivity contribution >= 4 is 0 Å². The number of allylic oxidation sites excluding steroid dienone is 1. The molecule has 0 bridgehead atoms. The zero-order valence-electron chi connectivity index (χ0n) is 16.0. The number of hydrogen-bond donors (Lipinski definition) is 2. The van der Waals surface area contributed by atoms with Gasteiger partial charge in [0.15, 0.2) is 0 Å². The molecular weight excluding hydrogens is 320 g/mol. The molecule has 0 spiro atoms. The number of aliphatic hydroxyl groups is 2. The van der Waals surface area contributed by atoms with Crippen LogP contribution < -0.4 is 9.47 Å². The van der Waals surface area contributed by atoms with Gasteiger partial charge in [0.05, 0.1) is 13.2 Å². The van der Waals surface area contributed by atoms with Crippen molar-refractivity contribution < 1.29 is 24.4 Å². The Kier molecular flexibility index (Phi) is 13.8. The summed E-state index contributed by atoms with van der Waals surface area (Å²) in [5.41, 5.74) is 0. The summed E-state index contributed by atoms with van der Waals surface area (Å²) in [4.78, 5) is 0. The predicted molar refractivity (Wildman–Crippen MR) is 101 cm³/mol. The first-order chi connectivity index (χ1) is 12.1. The van der Waals surface area contributed by atoms with E-state index in [9.17, 15) is 10.2 Å². The molecule has 1 aromatic rings. The molecule has 1 aliphatic heterocycles. The third-order valence-corrected chi connectivity index (χ3v) is 3.49. The molecule has 1 fully saturated rings. The molecule has 1 aliphatic rings. The lowest BCUT2D eigenvalue weighted by Crippen LogP contribution is -2.47. The van der Waals surface area contributed by atoms with Gasteiger partial charge in [0, 0.05) is 6.61 Å². The van der Waals surface area contributed by atoms with Gasteiger partial charge in [0.25, 0.3) is 0 Å². The molecule has 1 aromatic carbocycles. The van der Waals surface area contributed by atoms with Gasteiger partial charge >= 0.3 is 0 Å². The van der Waals surface area contributed by atoms with Gasteiger partial charge in [-0.2, -0.15) is 0 Å². The Morgan fingerprint density at radius 1 is 1.20 bits per heavy atom. The summed E-state index contributed by atoms with van der Waals surface area (Å²) in [5, 5.41) is 19.2. The summed E-state index contributed by atoms with van der Waals surface area (Å²) in [7, 11) is 1.60. The van der Waals surface area contributed by atoms with Crippen LogP contribution in [0, 0.1) is 0 Å². The second-order valence-electron chi connectivity index (χ2n) is 5.32. The van der Waals surface area contributed by atoms with Crippen molar-refractivity contribution in [2.75, 3.05) is 20.3 Å². The fraction of sp³-hybridized carbons (Fsp3) is 0.600. The molecule has 0 amide bonds. The highest BCUT2D eigenvalue weighted by atomic mass is 16.5. The van der Waals surface area contributed by atoms with Gasteiger partial charge in [-0.15, -0.1) is 6.58 Å². The van der Waals surface area contributed by atoms with Crippen LogP contribution in [0.3, 0.4) is 0 Å². The molecule has 0 aromatic heterocycles. The summed E-state index contributed by atoms with van der Waals surface area (Å²) < 4.78 is 15.9. The maximum atomic E-state index is 9.72. The topological polar surface area (TPSA) is 68.2 Å². The van der Waals surface area contributed by atoms with E-state index in [1.807, 2.05) is 19.9 Å². The molecule has 1 saturated heterocycles. The maximum absolute atomic E-state index is 9.72. The number of methoxy groups -OCH3 is 1. The summed E-state index contributed by atoms with van der Waals surface area (Å²) in [6.45, 7) is 10.3. The first kappa shape index (κ1) is 23.4. The van der Waals surface area contributed by atoms with Gasteiger partial charge in [-0.3, -0.25) is 0 Å². The molecule has 2 rings (SSSR count). The first-order valence-corrected chi connectivity index (χ1v) is 8.97. The van der Waals surface area contributed by atoms with Crippen molar-refractivity contribution in [2.45, 2.75) is 58.3 Å². The average Bonchev–Trinajstić information content (AvgIpc) is 2.66. The molecule has 0 saturated carbocycles. The number of unbranched alkanes of at least 4 members (excludes halogenated alkanes) is 1. The van der Waals surface area contributed by atoms with Gasteiger partial charge in [-0.25, -0.2) is 0 Å². The fourth-order valence-electron chi connectivity index (χ4n) is 2.06. The van der Waals surface area contributed by atoms with Gasteiger partial charge in [-0.1, -0.05) is 33.3 Å². The van der Waals surface area contributed by atoms with Gasteiger partial charge in [0.2, 0.25) is 0 Å². The highest BCUT2D eigenvalue weighted by Crippen LogP contribution is 2.19. The van der Waals surface area contributed by atoms with E-state index in [0.717, 1.165) is 12.2 Å². The Bertz CT molecular complexity index is 432. The molecule has 0 radical (unpaired) electrons. The Morgan fingerprint density at radius 3 is 2.28 bits per heavy atom. The largest absolute Gasteiger partial charge is 0.497 e. The lowest BCUT2D eigenvalue weighted by Gasteiger charge is -2.31. The van der Waals surface area contributed by atoms with Gasteiger partial charge in [0.1, 0.15) is 30.3 Å². The zero-order valence-corrected chi connectivity index (χ0v) is 16.0. The summed E-state index contributed by atoms with van der Waals surface area (Å²) in [5.74, 6) is 1.43. The van der Waals surface area contributed by atoms with E-state index in [1.54, 1.807) is 31.4 Å². The molecule has 5 heteroatoms. The van der Waals surface area contributed by atoms with Gasteiger partial charge < -0.3 is 24.4 Å². The smallest absolute Gasteiger partial charge is 0.120 e. The maximum Gasteiger partial charge on any atom is 0.120 e. The SMILES string of the molecule is C=CCCC.CC.COc1ccc(OCC2OCCC(O)C2O)cc1. The van der Waals surface area contributed by atoms with Crippen LogP contribution in [0.15, 0.2) is 36.9 Å². The molecule has 2 N–H and O–H groups in total. The van der Waals surface area contributed by atoms with Crippen molar-refractivity contribution in [3.05, 3.63) is 36.9 Å². The van der Waals surface area contributed by atoms with Crippen molar-refractivity contribution in [3.8, 4) is 11.5 Å². The lowest BCUT2D eigenvalue weighted by molar-refractivity contribution is -0.144. The lowest BCUT2D eigenvalue weighted by atomic mass is 10.0. The molecule has 3 unspecified atom stereocenters. The molecule has 25 heavy (non-hydrogen) atoms.